The number of methoxy groups -OCH3 is 1. The van der Waals surface area contributed by atoms with Crippen molar-refractivity contribution in [3.8, 4) is 17.1 Å². The van der Waals surface area contributed by atoms with Crippen molar-refractivity contribution in [3.05, 3.63) is 52.8 Å². The molecule has 0 aliphatic heterocycles. The standard InChI is InChI=1S/C14H10N2O4/c1-19-10-2-3-13-9(6-10)7-14(20-13)11-4-5-15-8-12(11)16(17)18/h2-8H,1H3. The van der Waals surface area contributed by atoms with E-state index in [-0.39, 0.29) is 5.69 Å². The van der Waals surface area contributed by atoms with Crippen molar-refractivity contribution in [1.82, 2.24) is 4.98 Å². The summed E-state index contributed by atoms with van der Waals surface area (Å²) in [6, 6.07) is 8.67. The normalized spacial score (nSPS) is 10.7. The third-order valence-electron chi connectivity index (χ3n) is 2.99. The van der Waals surface area contributed by atoms with E-state index in [4.69, 9.17) is 9.15 Å². The Morgan fingerprint density at radius 2 is 2.15 bits per heavy atom. The SMILES string of the molecule is COc1ccc2oc(-c3ccncc3[N+](=O)[O-])cc2c1. The second-order valence-corrected chi connectivity index (χ2v) is 4.16. The Labute approximate surface area is 113 Å². The number of pyridine rings is 1. The lowest BCUT2D eigenvalue weighted by atomic mass is 10.1. The highest BCUT2D eigenvalue weighted by atomic mass is 16.6. The quantitative estimate of drug-likeness (QED) is 0.538. The van der Waals surface area contributed by atoms with Crippen LogP contribution in [0.15, 0.2) is 47.1 Å². The average molecular weight is 270 g/mol. The molecule has 0 amide bonds. The minimum absolute atomic E-state index is 0.0847. The van der Waals surface area contributed by atoms with Gasteiger partial charge in [-0.15, -0.1) is 0 Å². The molecule has 0 saturated carbocycles. The number of fused-ring (bicyclic) bond motifs is 1. The van der Waals surface area contributed by atoms with Crippen molar-refractivity contribution < 1.29 is 14.1 Å². The topological polar surface area (TPSA) is 78.4 Å². The number of ether oxygens (including phenoxy) is 1. The van der Waals surface area contributed by atoms with Crippen molar-refractivity contribution in [1.29, 1.82) is 0 Å². The Kier molecular flexibility index (Phi) is 2.83. The Bertz CT molecular complexity index is 795. The molecule has 20 heavy (non-hydrogen) atoms. The van der Waals surface area contributed by atoms with E-state index in [0.29, 0.717) is 22.7 Å². The third kappa shape index (κ3) is 1.97. The molecular weight excluding hydrogens is 260 g/mol. The van der Waals surface area contributed by atoms with E-state index in [1.807, 2.05) is 6.07 Å². The molecular formula is C14H10N2O4. The van der Waals surface area contributed by atoms with Gasteiger partial charge in [-0.05, 0) is 30.3 Å². The van der Waals surface area contributed by atoms with Crippen molar-refractivity contribution in [2.75, 3.05) is 7.11 Å². The van der Waals surface area contributed by atoms with Crippen LogP contribution in [-0.2, 0) is 0 Å². The van der Waals surface area contributed by atoms with Crippen molar-refractivity contribution in [2.45, 2.75) is 0 Å². The number of nitro groups is 1. The molecule has 0 unspecified atom stereocenters. The number of nitrogens with zero attached hydrogens (tertiary/aromatic N) is 2. The highest BCUT2D eigenvalue weighted by molar-refractivity contribution is 5.85. The first-order valence-corrected chi connectivity index (χ1v) is 5.85. The summed E-state index contributed by atoms with van der Waals surface area (Å²) in [6.07, 6.45) is 2.71. The second kappa shape index (κ2) is 4.65. The van der Waals surface area contributed by atoms with Crippen LogP contribution in [0, 0.1) is 10.1 Å². The molecule has 0 aliphatic rings. The Balaban J connectivity index is 2.18. The summed E-state index contributed by atoms with van der Waals surface area (Å²) in [5, 5.41) is 11.8. The Morgan fingerprint density at radius 1 is 1.30 bits per heavy atom. The van der Waals surface area contributed by atoms with E-state index in [1.54, 1.807) is 31.4 Å². The van der Waals surface area contributed by atoms with E-state index >= 15 is 0 Å². The summed E-state index contributed by atoms with van der Waals surface area (Å²) >= 11 is 0. The maximum atomic E-state index is 11.0. The largest absolute Gasteiger partial charge is 0.497 e. The van der Waals surface area contributed by atoms with Gasteiger partial charge in [0.1, 0.15) is 23.3 Å². The maximum Gasteiger partial charge on any atom is 0.298 e. The lowest BCUT2D eigenvalue weighted by Gasteiger charge is -1.97. The van der Waals surface area contributed by atoms with E-state index in [2.05, 4.69) is 4.98 Å². The molecule has 0 aliphatic carbocycles. The molecule has 100 valence electrons. The van der Waals surface area contributed by atoms with Crippen LogP contribution in [-0.4, -0.2) is 17.0 Å². The maximum absolute atomic E-state index is 11.0. The zero-order chi connectivity index (χ0) is 14.1. The fourth-order valence-electron chi connectivity index (χ4n) is 2.02. The summed E-state index contributed by atoms with van der Waals surface area (Å²) in [7, 11) is 1.58. The molecule has 0 fully saturated rings. The molecule has 2 aromatic heterocycles. The van der Waals surface area contributed by atoms with Crippen LogP contribution < -0.4 is 4.74 Å². The minimum Gasteiger partial charge on any atom is -0.497 e. The van der Waals surface area contributed by atoms with Gasteiger partial charge in [-0.3, -0.25) is 15.1 Å². The van der Waals surface area contributed by atoms with Gasteiger partial charge in [0.05, 0.1) is 17.6 Å². The average Bonchev–Trinajstić information content (AvgIpc) is 2.89. The molecule has 0 atom stereocenters. The summed E-state index contributed by atoms with van der Waals surface area (Å²) in [5.41, 5.74) is 0.964. The number of rotatable bonds is 3. The summed E-state index contributed by atoms with van der Waals surface area (Å²) < 4.78 is 10.8. The molecule has 0 N–H and O–H groups in total. The first-order chi connectivity index (χ1) is 9.69. The summed E-state index contributed by atoms with van der Waals surface area (Å²) in [5.74, 6) is 1.14. The number of hydrogen-bond acceptors (Lipinski definition) is 5. The second-order valence-electron chi connectivity index (χ2n) is 4.16. The minimum atomic E-state index is -0.476. The molecule has 0 bridgehead atoms. The van der Waals surface area contributed by atoms with Gasteiger partial charge in [-0.25, -0.2) is 0 Å². The van der Waals surface area contributed by atoms with E-state index in [1.165, 1.54) is 12.4 Å². The fourth-order valence-corrected chi connectivity index (χ4v) is 2.02. The molecule has 3 rings (SSSR count). The van der Waals surface area contributed by atoms with E-state index in [0.717, 1.165) is 5.39 Å². The van der Waals surface area contributed by atoms with Crippen molar-refractivity contribution in [2.24, 2.45) is 0 Å². The molecule has 0 saturated heterocycles. The van der Waals surface area contributed by atoms with E-state index in [9.17, 15) is 10.1 Å². The van der Waals surface area contributed by atoms with Crippen molar-refractivity contribution >= 4 is 16.7 Å². The van der Waals surface area contributed by atoms with Gasteiger partial charge in [0, 0.05) is 11.6 Å². The lowest BCUT2D eigenvalue weighted by molar-refractivity contribution is -0.384. The first-order valence-electron chi connectivity index (χ1n) is 5.85. The molecule has 6 nitrogen and oxygen atoms in total. The molecule has 1 aromatic carbocycles. The Hall–Kier alpha value is -2.89. The third-order valence-corrected chi connectivity index (χ3v) is 2.99. The molecule has 2 heterocycles. The predicted molar refractivity (Wildman–Crippen MR) is 72.7 cm³/mol. The van der Waals surface area contributed by atoms with Crippen LogP contribution in [0.2, 0.25) is 0 Å². The van der Waals surface area contributed by atoms with Gasteiger partial charge in [-0.1, -0.05) is 0 Å². The smallest absolute Gasteiger partial charge is 0.298 e. The Morgan fingerprint density at radius 3 is 2.90 bits per heavy atom. The predicted octanol–water partition coefficient (Wildman–Crippen LogP) is 3.41. The monoisotopic (exact) mass is 270 g/mol. The van der Waals surface area contributed by atoms with Crippen LogP contribution in [0.5, 0.6) is 5.75 Å². The van der Waals surface area contributed by atoms with Crippen LogP contribution in [0.4, 0.5) is 5.69 Å². The molecule has 0 spiro atoms. The van der Waals surface area contributed by atoms with Gasteiger partial charge in [-0.2, -0.15) is 0 Å². The van der Waals surface area contributed by atoms with Crippen LogP contribution in [0.3, 0.4) is 0 Å². The van der Waals surface area contributed by atoms with E-state index < -0.39 is 4.92 Å². The van der Waals surface area contributed by atoms with Gasteiger partial charge in [0.15, 0.2) is 0 Å². The zero-order valence-electron chi connectivity index (χ0n) is 10.6. The number of furan rings is 1. The van der Waals surface area contributed by atoms with Gasteiger partial charge in [0.2, 0.25) is 0 Å². The highest BCUT2D eigenvalue weighted by Gasteiger charge is 2.18. The summed E-state index contributed by atoms with van der Waals surface area (Å²) in [6.45, 7) is 0. The van der Waals surface area contributed by atoms with Crippen molar-refractivity contribution in [3.63, 3.8) is 0 Å². The van der Waals surface area contributed by atoms with Crippen LogP contribution >= 0.6 is 0 Å². The summed E-state index contributed by atoms with van der Waals surface area (Å²) in [4.78, 5) is 14.3. The molecule has 0 radical (unpaired) electrons. The van der Waals surface area contributed by atoms with Gasteiger partial charge in [0.25, 0.3) is 5.69 Å². The number of aromatic nitrogens is 1. The lowest BCUT2D eigenvalue weighted by Crippen LogP contribution is -1.91. The zero-order valence-corrected chi connectivity index (χ0v) is 10.6. The molecule has 6 heteroatoms. The van der Waals surface area contributed by atoms with Crippen LogP contribution in [0.25, 0.3) is 22.3 Å². The van der Waals surface area contributed by atoms with Gasteiger partial charge >= 0.3 is 0 Å². The number of hydrogen-bond donors (Lipinski definition) is 0. The fraction of sp³-hybridized carbons (Fsp3) is 0.0714. The first kappa shape index (κ1) is 12.2. The van der Waals surface area contributed by atoms with Gasteiger partial charge < -0.3 is 9.15 Å². The highest BCUT2D eigenvalue weighted by Crippen LogP contribution is 2.34. The van der Waals surface area contributed by atoms with Crippen LogP contribution in [0.1, 0.15) is 0 Å². The molecule has 3 aromatic rings. The number of benzene rings is 1.